The standard InChI is InChI=1S/C13H14N2O3/c1-8-5-3-4-6-11(8)18-7-10-12(13(16)17)9(2)14-15-10/h3-6H,7H2,1-2H3,(H,14,15)(H,16,17). The molecule has 0 radical (unpaired) electrons. The lowest BCUT2D eigenvalue weighted by molar-refractivity contribution is 0.0693. The van der Waals surface area contributed by atoms with Crippen LogP contribution in [0.5, 0.6) is 5.75 Å². The van der Waals surface area contributed by atoms with Crippen molar-refractivity contribution in [3.05, 3.63) is 46.8 Å². The summed E-state index contributed by atoms with van der Waals surface area (Å²) >= 11 is 0. The highest BCUT2D eigenvalue weighted by Gasteiger charge is 2.17. The molecular formula is C13H14N2O3. The molecule has 0 saturated carbocycles. The molecular weight excluding hydrogens is 232 g/mol. The van der Waals surface area contributed by atoms with Crippen LogP contribution in [0.3, 0.4) is 0 Å². The number of rotatable bonds is 4. The van der Waals surface area contributed by atoms with Gasteiger partial charge in [0.15, 0.2) is 0 Å². The number of carboxylic acids is 1. The highest BCUT2D eigenvalue weighted by Crippen LogP contribution is 2.19. The van der Waals surface area contributed by atoms with Gasteiger partial charge in [0, 0.05) is 5.69 Å². The van der Waals surface area contributed by atoms with E-state index in [1.807, 2.05) is 31.2 Å². The number of para-hydroxylation sites is 1. The Morgan fingerprint density at radius 1 is 1.39 bits per heavy atom. The molecule has 2 N–H and O–H groups in total. The van der Waals surface area contributed by atoms with Gasteiger partial charge in [-0.05, 0) is 25.5 Å². The lowest BCUT2D eigenvalue weighted by atomic mass is 10.2. The number of benzene rings is 1. The molecule has 0 spiro atoms. The van der Waals surface area contributed by atoms with Crippen LogP contribution in [0.1, 0.15) is 27.3 Å². The van der Waals surface area contributed by atoms with E-state index in [0.717, 1.165) is 11.3 Å². The van der Waals surface area contributed by atoms with Crippen LogP contribution in [0, 0.1) is 13.8 Å². The molecule has 1 heterocycles. The Labute approximate surface area is 104 Å². The van der Waals surface area contributed by atoms with Crippen LogP contribution in [-0.2, 0) is 6.61 Å². The Morgan fingerprint density at radius 2 is 2.11 bits per heavy atom. The molecule has 0 bridgehead atoms. The van der Waals surface area contributed by atoms with Gasteiger partial charge < -0.3 is 9.84 Å². The van der Waals surface area contributed by atoms with Crippen molar-refractivity contribution < 1.29 is 14.6 Å². The molecule has 0 amide bonds. The van der Waals surface area contributed by atoms with E-state index in [-0.39, 0.29) is 12.2 Å². The van der Waals surface area contributed by atoms with Gasteiger partial charge in [-0.2, -0.15) is 5.10 Å². The molecule has 18 heavy (non-hydrogen) atoms. The first kappa shape index (κ1) is 12.2. The summed E-state index contributed by atoms with van der Waals surface area (Å²) < 4.78 is 5.58. The molecule has 0 aliphatic heterocycles. The summed E-state index contributed by atoms with van der Waals surface area (Å²) in [7, 11) is 0. The van der Waals surface area contributed by atoms with Gasteiger partial charge in [0.1, 0.15) is 23.6 Å². The summed E-state index contributed by atoms with van der Waals surface area (Å²) in [6, 6.07) is 7.57. The van der Waals surface area contributed by atoms with Crippen molar-refractivity contribution in [1.82, 2.24) is 10.2 Å². The predicted molar refractivity (Wildman–Crippen MR) is 65.8 cm³/mol. The van der Waals surface area contributed by atoms with Crippen molar-refractivity contribution in [3.63, 3.8) is 0 Å². The van der Waals surface area contributed by atoms with Gasteiger partial charge in [-0.3, -0.25) is 5.10 Å². The molecule has 0 unspecified atom stereocenters. The number of carboxylic acid groups (broad SMARTS) is 1. The smallest absolute Gasteiger partial charge is 0.339 e. The average Bonchev–Trinajstić information content (AvgIpc) is 2.69. The first-order chi connectivity index (χ1) is 8.59. The molecule has 0 fully saturated rings. The van der Waals surface area contributed by atoms with E-state index in [2.05, 4.69) is 10.2 Å². The number of aromatic nitrogens is 2. The number of hydrogen-bond acceptors (Lipinski definition) is 3. The first-order valence-electron chi connectivity index (χ1n) is 5.55. The van der Waals surface area contributed by atoms with Gasteiger partial charge >= 0.3 is 5.97 Å². The summed E-state index contributed by atoms with van der Waals surface area (Å²) in [6.07, 6.45) is 0. The molecule has 0 atom stereocenters. The molecule has 1 aromatic heterocycles. The Morgan fingerprint density at radius 3 is 2.78 bits per heavy atom. The van der Waals surface area contributed by atoms with E-state index in [1.54, 1.807) is 6.92 Å². The van der Waals surface area contributed by atoms with Gasteiger partial charge in [-0.25, -0.2) is 4.79 Å². The number of aromatic amines is 1. The fourth-order valence-electron chi connectivity index (χ4n) is 1.73. The van der Waals surface area contributed by atoms with Gasteiger partial charge in [-0.1, -0.05) is 18.2 Å². The highest BCUT2D eigenvalue weighted by atomic mass is 16.5. The minimum Gasteiger partial charge on any atom is -0.487 e. The van der Waals surface area contributed by atoms with Crippen molar-refractivity contribution in [2.24, 2.45) is 0 Å². The van der Waals surface area contributed by atoms with Crippen LogP contribution < -0.4 is 4.74 Å². The molecule has 5 nitrogen and oxygen atoms in total. The van der Waals surface area contributed by atoms with Crippen molar-refractivity contribution >= 4 is 5.97 Å². The summed E-state index contributed by atoms with van der Waals surface area (Å²) in [5.74, 6) is -0.265. The van der Waals surface area contributed by atoms with E-state index in [9.17, 15) is 4.79 Å². The second-order valence-corrected chi connectivity index (χ2v) is 4.03. The van der Waals surface area contributed by atoms with Crippen molar-refractivity contribution in [2.45, 2.75) is 20.5 Å². The molecule has 0 saturated heterocycles. The number of nitrogens with zero attached hydrogens (tertiary/aromatic N) is 1. The number of H-pyrrole nitrogens is 1. The maximum atomic E-state index is 11.1. The van der Waals surface area contributed by atoms with E-state index in [1.165, 1.54) is 0 Å². The van der Waals surface area contributed by atoms with Crippen molar-refractivity contribution in [1.29, 1.82) is 0 Å². The molecule has 5 heteroatoms. The quantitative estimate of drug-likeness (QED) is 0.868. The van der Waals surface area contributed by atoms with E-state index < -0.39 is 5.97 Å². The van der Waals surface area contributed by atoms with Gasteiger partial charge in [0.05, 0.1) is 0 Å². The zero-order valence-corrected chi connectivity index (χ0v) is 10.2. The molecule has 0 aliphatic carbocycles. The van der Waals surface area contributed by atoms with E-state index >= 15 is 0 Å². The van der Waals surface area contributed by atoms with E-state index in [0.29, 0.717) is 11.4 Å². The zero-order valence-electron chi connectivity index (χ0n) is 10.2. The lowest BCUT2D eigenvalue weighted by Gasteiger charge is -2.07. The molecule has 1 aromatic carbocycles. The third-order valence-electron chi connectivity index (χ3n) is 2.69. The van der Waals surface area contributed by atoms with Crippen LogP contribution in [0.15, 0.2) is 24.3 Å². The van der Waals surface area contributed by atoms with Crippen molar-refractivity contribution in [2.75, 3.05) is 0 Å². The Balaban J connectivity index is 2.16. The topological polar surface area (TPSA) is 75.2 Å². The molecule has 0 aliphatic rings. The maximum Gasteiger partial charge on any atom is 0.339 e. The van der Waals surface area contributed by atoms with E-state index in [4.69, 9.17) is 9.84 Å². The molecule has 2 rings (SSSR count). The molecule has 94 valence electrons. The minimum absolute atomic E-state index is 0.136. The highest BCUT2D eigenvalue weighted by molar-refractivity contribution is 5.90. The predicted octanol–water partition coefficient (Wildman–Crippen LogP) is 2.30. The second-order valence-electron chi connectivity index (χ2n) is 4.03. The minimum atomic E-state index is -0.996. The van der Waals surface area contributed by atoms with Crippen molar-refractivity contribution in [3.8, 4) is 5.75 Å². The van der Waals surface area contributed by atoms with Crippen LogP contribution in [-0.4, -0.2) is 21.3 Å². The maximum absolute atomic E-state index is 11.1. The summed E-state index contributed by atoms with van der Waals surface area (Å²) in [4.78, 5) is 11.1. The van der Waals surface area contributed by atoms with Gasteiger partial charge in [0.2, 0.25) is 0 Å². The van der Waals surface area contributed by atoms with Gasteiger partial charge in [-0.15, -0.1) is 0 Å². The largest absolute Gasteiger partial charge is 0.487 e. The monoisotopic (exact) mass is 246 g/mol. The third kappa shape index (κ3) is 2.34. The second kappa shape index (κ2) is 4.91. The number of aromatic carboxylic acids is 1. The number of nitrogens with one attached hydrogen (secondary N) is 1. The third-order valence-corrected chi connectivity index (χ3v) is 2.69. The molecule has 2 aromatic rings. The fourth-order valence-corrected chi connectivity index (χ4v) is 1.73. The normalized spacial score (nSPS) is 10.3. The number of carbonyl (C=O) groups is 1. The average molecular weight is 246 g/mol. The number of aryl methyl sites for hydroxylation is 2. The zero-order chi connectivity index (χ0) is 13.1. The Hall–Kier alpha value is -2.30. The first-order valence-corrected chi connectivity index (χ1v) is 5.55. The van der Waals surface area contributed by atoms with Crippen LogP contribution >= 0.6 is 0 Å². The van der Waals surface area contributed by atoms with Crippen LogP contribution in [0.4, 0.5) is 0 Å². The summed E-state index contributed by atoms with van der Waals surface area (Å²) in [5, 5.41) is 15.7. The Bertz CT molecular complexity index is 575. The number of hydrogen-bond donors (Lipinski definition) is 2. The van der Waals surface area contributed by atoms with Crippen LogP contribution in [0.2, 0.25) is 0 Å². The van der Waals surface area contributed by atoms with Gasteiger partial charge in [0.25, 0.3) is 0 Å². The Kier molecular flexibility index (Phi) is 3.32. The van der Waals surface area contributed by atoms with Crippen LogP contribution in [0.25, 0.3) is 0 Å². The summed E-state index contributed by atoms with van der Waals surface area (Å²) in [5.41, 5.74) is 2.12. The summed E-state index contributed by atoms with van der Waals surface area (Å²) in [6.45, 7) is 3.74. The number of ether oxygens (including phenoxy) is 1. The fraction of sp³-hybridized carbons (Fsp3) is 0.231. The lowest BCUT2D eigenvalue weighted by Crippen LogP contribution is -2.05. The SMILES string of the molecule is Cc1ccccc1OCc1n[nH]c(C)c1C(=O)O.